The number of carbonyl (C=O) groups excluding carboxylic acids is 2. The molecule has 1 aliphatic carbocycles. The van der Waals surface area contributed by atoms with Crippen molar-refractivity contribution in [3.63, 3.8) is 0 Å². The number of hydrogen-bond acceptors (Lipinski definition) is 3. The third kappa shape index (κ3) is 2.68. The molecule has 2 aliphatic rings. The second kappa shape index (κ2) is 4.18. The average molecular weight is 212 g/mol. The fourth-order valence-corrected chi connectivity index (χ4v) is 2.01. The highest BCUT2D eigenvalue weighted by molar-refractivity contribution is 5.81. The van der Waals surface area contributed by atoms with Crippen molar-refractivity contribution in [3.05, 3.63) is 0 Å². The van der Waals surface area contributed by atoms with Gasteiger partial charge in [-0.25, -0.2) is 0 Å². The largest absolute Gasteiger partial charge is 0.544 e. The summed E-state index contributed by atoms with van der Waals surface area (Å²) in [5.74, 6) is -0.470. The van der Waals surface area contributed by atoms with E-state index >= 15 is 0 Å². The van der Waals surface area contributed by atoms with Crippen LogP contribution in [0.2, 0.25) is 0 Å². The number of carbonyl (C=O) groups is 2. The summed E-state index contributed by atoms with van der Waals surface area (Å²) in [5, 5.41) is 10.4. The van der Waals surface area contributed by atoms with Crippen molar-refractivity contribution in [3.8, 4) is 0 Å². The summed E-state index contributed by atoms with van der Waals surface area (Å²) in [6.07, 6.45) is 2.07. The Kier molecular flexibility index (Phi) is 2.90. The molecule has 84 valence electrons. The number of quaternary nitrogens is 1. The first-order valence-corrected chi connectivity index (χ1v) is 5.49. The zero-order valence-corrected chi connectivity index (χ0v) is 8.70. The van der Waals surface area contributed by atoms with Gasteiger partial charge in [-0.1, -0.05) is 0 Å². The molecule has 5 nitrogen and oxygen atoms in total. The van der Waals surface area contributed by atoms with Crippen LogP contribution in [0.4, 0.5) is 0 Å². The molecule has 1 saturated heterocycles. The van der Waals surface area contributed by atoms with Crippen LogP contribution in [-0.4, -0.2) is 49.5 Å². The van der Waals surface area contributed by atoms with Gasteiger partial charge < -0.3 is 19.7 Å². The maximum atomic E-state index is 11.7. The van der Waals surface area contributed by atoms with Crippen molar-refractivity contribution in [1.29, 1.82) is 0 Å². The van der Waals surface area contributed by atoms with E-state index in [4.69, 9.17) is 0 Å². The number of carboxylic acids is 1. The predicted molar refractivity (Wildman–Crippen MR) is 49.9 cm³/mol. The van der Waals surface area contributed by atoms with E-state index in [-0.39, 0.29) is 18.4 Å². The molecule has 0 spiro atoms. The maximum Gasteiger partial charge on any atom is 0.226 e. The number of aliphatic carboxylic acids is 1. The Labute approximate surface area is 88.6 Å². The Morgan fingerprint density at radius 1 is 1.27 bits per heavy atom. The normalized spacial score (nSPS) is 22.8. The van der Waals surface area contributed by atoms with Gasteiger partial charge in [0.1, 0.15) is 6.54 Å². The molecule has 0 unspecified atom stereocenters. The molecule has 1 N–H and O–H groups in total. The molecule has 1 amide bonds. The zero-order valence-electron chi connectivity index (χ0n) is 8.70. The van der Waals surface area contributed by atoms with E-state index in [2.05, 4.69) is 0 Å². The first-order valence-electron chi connectivity index (χ1n) is 5.49. The van der Waals surface area contributed by atoms with Gasteiger partial charge in [0, 0.05) is 5.92 Å². The van der Waals surface area contributed by atoms with Crippen LogP contribution in [0.1, 0.15) is 12.8 Å². The topological polar surface area (TPSA) is 64.9 Å². The standard InChI is InChI=1S/C10H16N2O3/c13-9(14)7-11-3-5-12(6-4-11)10(15)8-1-2-8/h8H,1-7H2,(H,13,14). The lowest BCUT2D eigenvalue weighted by atomic mass is 10.2. The van der Waals surface area contributed by atoms with E-state index in [0.717, 1.165) is 30.8 Å². The zero-order chi connectivity index (χ0) is 10.8. The quantitative estimate of drug-likeness (QED) is 0.538. The van der Waals surface area contributed by atoms with Crippen LogP contribution in [0.25, 0.3) is 0 Å². The summed E-state index contributed by atoms with van der Waals surface area (Å²) in [4.78, 5) is 24.9. The molecular weight excluding hydrogens is 196 g/mol. The number of nitrogens with zero attached hydrogens (tertiary/aromatic N) is 1. The van der Waals surface area contributed by atoms with Gasteiger partial charge in [0.05, 0.1) is 32.1 Å². The molecule has 1 aliphatic heterocycles. The molecule has 0 aromatic carbocycles. The summed E-state index contributed by atoms with van der Waals surface area (Å²) in [5.41, 5.74) is 0. The Morgan fingerprint density at radius 2 is 1.87 bits per heavy atom. The Balaban J connectivity index is 1.76. The van der Waals surface area contributed by atoms with Gasteiger partial charge in [0.15, 0.2) is 0 Å². The Bertz CT molecular complexity index is 268. The van der Waals surface area contributed by atoms with Crippen LogP contribution in [-0.2, 0) is 9.59 Å². The van der Waals surface area contributed by atoms with Gasteiger partial charge in [-0.15, -0.1) is 0 Å². The number of piperazine rings is 1. The lowest BCUT2D eigenvalue weighted by molar-refractivity contribution is -0.898. The van der Waals surface area contributed by atoms with Crippen LogP contribution in [0, 0.1) is 5.92 Å². The van der Waals surface area contributed by atoms with Gasteiger partial charge in [0.2, 0.25) is 5.91 Å². The summed E-state index contributed by atoms with van der Waals surface area (Å²) in [6.45, 7) is 2.90. The molecule has 1 saturated carbocycles. The third-order valence-electron chi connectivity index (χ3n) is 3.10. The smallest absolute Gasteiger partial charge is 0.226 e. The summed E-state index contributed by atoms with van der Waals surface area (Å²) in [6, 6.07) is 0. The molecular formula is C10H16N2O3. The summed E-state index contributed by atoms with van der Waals surface area (Å²) < 4.78 is 0. The average Bonchev–Trinajstić information content (AvgIpc) is 3.00. The van der Waals surface area contributed by atoms with Gasteiger partial charge in [-0.2, -0.15) is 0 Å². The first kappa shape index (κ1) is 10.4. The number of carboxylic acid groups (broad SMARTS) is 1. The monoisotopic (exact) mass is 212 g/mol. The number of nitrogens with one attached hydrogen (secondary N) is 1. The minimum absolute atomic E-state index is 0.0610. The van der Waals surface area contributed by atoms with Crippen LogP contribution in [0.5, 0.6) is 0 Å². The first-order chi connectivity index (χ1) is 7.16. The molecule has 5 heteroatoms. The number of rotatable bonds is 3. The Morgan fingerprint density at radius 3 is 2.33 bits per heavy atom. The van der Waals surface area contributed by atoms with Gasteiger partial charge in [-0.3, -0.25) is 4.79 Å². The van der Waals surface area contributed by atoms with Gasteiger partial charge in [0.25, 0.3) is 0 Å². The third-order valence-corrected chi connectivity index (χ3v) is 3.10. The van der Waals surface area contributed by atoms with Crippen molar-refractivity contribution < 1.29 is 19.6 Å². The Hall–Kier alpha value is -1.10. The number of hydrogen-bond donors (Lipinski definition) is 1. The van der Waals surface area contributed by atoms with E-state index < -0.39 is 5.97 Å². The molecule has 2 fully saturated rings. The minimum Gasteiger partial charge on any atom is -0.544 e. The number of amides is 1. The second-order valence-electron chi connectivity index (χ2n) is 4.40. The minimum atomic E-state index is -1.01. The lowest BCUT2D eigenvalue weighted by Crippen LogP contribution is -3.16. The van der Waals surface area contributed by atoms with E-state index in [9.17, 15) is 14.7 Å². The van der Waals surface area contributed by atoms with E-state index in [1.807, 2.05) is 4.90 Å². The SMILES string of the molecule is O=C([O-])C[NH+]1CCN(C(=O)C2CC2)CC1. The summed E-state index contributed by atoms with van der Waals surface area (Å²) in [7, 11) is 0. The van der Waals surface area contributed by atoms with Crippen LogP contribution < -0.4 is 10.0 Å². The molecule has 2 rings (SSSR count). The second-order valence-corrected chi connectivity index (χ2v) is 4.40. The fraction of sp³-hybridized carbons (Fsp3) is 0.800. The van der Waals surface area contributed by atoms with E-state index in [0.29, 0.717) is 13.1 Å². The van der Waals surface area contributed by atoms with Crippen molar-refractivity contribution in [1.82, 2.24) is 4.90 Å². The van der Waals surface area contributed by atoms with Crippen molar-refractivity contribution in [2.24, 2.45) is 5.92 Å². The molecule has 15 heavy (non-hydrogen) atoms. The summed E-state index contributed by atoms with van der Waals surface area (Å²) >= 11 is 0. The fourth-order valence-electron chi connectivity index (χ4n) is 2.01. The van der Waals surface area contributed by atoms with Gasteiger partial charge >= 0.3 is 0 Å². The molecule has 0 bridgehead atoms. The highest BCUT2D eigenvalue weighted by Crippen LogP contribution is 2.30. The van der Waals surface area contributed by atoms with Gasteiger partial charge in [-0.05, 0) is 12.8 Å². The lowest BCUT2D eigenvalue weighted by Gasteiger charge is -2.32. The van der Waals surface area contributed by atoms with Crippen LogP contribution >= 0.6 is 0 Å². The van der Waals surface area contributed by atoms with Crippen LogP contribution in [0.3, 0.4) is 0 Å². The predicted octanol–water partition coefficient (Wildman–Crippen LogP) is -3.13. The molecule has 0 aromatic heterocycles. The molecule has 0 radical (unpaired) electrons. The van der Waals surface area contributed by atoms with E-state index in [1.54, 1.807) is 0 Å². The maximum absolute atomic E-state index is 11.7. The molecule has 0 atom stereocenters. The molecule has 1 heterocycles. The van der Waals surface area contributed by atoms with Crippen molar-refractivity contribution in [2.45, 2.75) is 12.8 Å². The van der Waals surface area contributed by atoms with Crippen molar-refractivity contribution in [2.75, 3.05) is 32.7 Å². The van der Waals surface area contributed by atoms with E-state index in [1.165, 1.54) is 0 Å². The van der Waals surface area contributed by atoms with Crippen molar-refractivity contribution >= 4 is 11.9 Å². The van der Waals surface area contributed by atoms with Crippen LogP contribution in [0.15, 0.2) is 0 Å². The highest BCUT2D eigenvalue weighted by Gasteiger charge is 2.35. The highest BCUT2D eigenvalue weighted by atomic mass is 16.4. The molecule has 0 aromatic rings.